The number of nitrogens with zero attached hydrogens (tertiary/aromatic N) is 5. The topological polar surface area (TPSA) is 69.6 Å². The summed E-state index contributed by atoms with van der Waals surface area (Å²) in [5, 5.41) is 2.03. The van der Waals surface area contributed by atoms with Gasteiger partial charge in [0, 0.05) is 42.4 Å². The maximum Gasteiger partial charge on any atom is 0 e. The molecule has 8 heteroatoms. The summed E-state index contributed by atoms with van der Waals surface area (Å²) < 4.78 is 10.4. The first-order valence-corrected chi connectivity index (χ1v) is 30.2. The molecular formula is C57H59GeIrN5O-2. The van der Waals surface area contributed by atoms with Crippen LogP contribution in [0.15, 0.2) is 114 Å². The van der Waals surface area contributed by atoms with E-state index in [1.807, 2.05) is 37.4 Å². The zero-order valence-corrected chi connectivity index (χ0v) is 44.0. The summed E-state index contributed by atoms with van der Waals surface area (Å²) in [4.78, 5) is 19.6. The van der Waals surface area contributed by atoms with Gasteiger partial charge in [-0.3, -0.25) is 9.97 Å². The molecule has 1 aliphatic rings. The summed E-state index contributed by atoms with van der Waals surface area (Å²) in [5.74, 6) is 9.08. The molecule has 65 heavy (non-hydrogen) atoms. The first-order valence-electron chi connectivity index (χ1n) is 22.9. The Kier molecular flexibility index (Phi) is 13.2. The van der Waals surface area contributed by atoms with Crippen molar-refractivity contribution in [3.05, 3.63) is 155 Å². The van der Waals surface area contributed by atoms with Crippen LogP contribution < -0.4 is 4.40 Å². The first-order chi connectivity index (χ1) is 30.6. The van der Waals surface area contributed by atoms with E-state index in [9.17, 15) is 0 Å². The van der Waals surface area contributed by atoms with Crippen molar-refractivity contribution in [1.82, 2.24) is 24.5 Å². The van der Waals surface area contributed by atoms with Gasteiger partial charge in [-0.05, 0) is 73.2 Å². The largest absolute Gasteiger partial charge is 0 e. The number of fused-ring (bicyclic) bond motifs is 4. The third-order valence-electron chi connectivity index (χ3n) is 13.0. The number of aryl methyl sites for hydroxylation is 4. The van der Waals surface area contributed by atoms with Gasteiger partial charge in [-0.25, -0.2) is 4.98 Å². The van der Waals surface area contributed by atoms with Crippen molar-refractivity contribution in [2.45, 2.75) is 103 Å². The monoisotopic (exact) mass is 1100 g/mol. The number of aromatic nitrogens is 5. The Morgan fingerprint density at radius 1 is 0.769 bits per heavy atom. The minimum absolute atomic E-state index is 0. The van der Waals surface area contributed by atoms with E-state index in [0.29, 0.717) is 5.71 Å². The number of hydrogen-bond acceptors (Lipinski definition) is 5. The predicted molar refractivity (Wildman–Crippen MR) is 268 cm³/mol. The summed E-state index contributed by atoms with van der Waals surface area (Å²) in [6, 6.07) is 40.7. The second kappa shape index (κ2) is 18.6. The second-order valence-electron chi connectivity index (χ2n) is 20.0. The number of rotatable bonds is 7. The molecule has 1 saturated carbocycles. The molecule has 9 aromatic rings. The Hall–Kier alpha value is -5.21. The summed E-state index contributed by atoms with van der Waals surface area (Å²) in [7, 11) is 0. The maximum absolute atomic E-state index is 6.62. The Morgan fingerprint density at radius 3 is 2.18 bits per heavy atom. The average molecular weight is 1090 g/mol. The molecular weight excluding hydrogens is 1040 g/mol. The Balaban J connectivity index is 0.000000212. The van der Waals surface area contributed by atoms with Crippen molar-refractivity contribution in [2.24, 2.45) is 5.92 Å². The van der Waals surface area contributed by atoms with E-state index in [-0.39, 0.29) is 25.5 Å². The number of imidazole rings is 1. The third-order valence-corrected chi connectivity index (χ3v) is 17.3. The molecule has 1 fully saturated rings. The van der Waals surface area contributed by atoms with E-state index in [1.54, 1.807) is 9.96 Å². The van der Waals surface area contributed by atoms with Gasteiger partial charge in [0.25, 0.3) is 0 Å². The van der Waals surface area contributed by atoms with Gasteiger partial charge in [0.1, 0.15) is 0 Å². The standard InChI is InChI=1S/C37H33N4O.C20H26GeN.Ir/c1-21-9-8-10-22(2)32(21)29-18-17-27-33-23(3)11-16-28(34(33)42-36(27)40-29)35-39-30-19-24(4)38-20-31(30)41(35)26-14-12-25(13-15-26)37(5,6)7;1-21(2,3)19-15-22-20(17-11-5-4-6-12-17)14-18(19)13-16-9-7-8-10-16;/h8-15,17-20H,1-7H3;4-6,11,14-16H,7-10,13H2,1-3H3;/q2*-1;. The normalized spacial score (nSPS) is 13.3. The van der Waals surface area contributed by atoms with Gasteiger partial charge in [-0.1, -0.05) is 69.0 Å². The molecule has 0 atom stereocenters. The van der Waals surface area contributed by atoms with Crippen molar-refractivity contribution >= 4 is 50.8 Å². The smallest absolute Gasteiger partial charge is 0 e. The zero-order chi connectivity index (χ0) is 44.9. The van der Waals surface area contributed by atoms with Crippen molar-refractivity contribution in [2.75, 3.05) is 0 Å². The summed E-state index contributed by atoms with van der Waals surface area (Å²) in [6.45, 7) is 15.0. The van der Waals surface area contributed by atoms with Crippen LogP contribution in [0.4, 0.5) is 0 Å². The van der Waals surface area contributed by atoms with E-state index >= 15 is 0 Å². The van der Waals surface area contributed by atoms with Crippen LogP contribution in [0.3, 0.4) is 0 Å². The summed E-state index contributed by atoms with van der Waals surface area (Å²) >= 11 is -1.87. The SMILES string of the molecule is Cc1cc2nc(-c3[c-]cc(C)c4c3oc3nc(-c5c(C)cccc5C)ccc34)n(-c3ccc(C(C)(C)C)cc3)c2cn1.[CH3][Ge]([CH3])([CH3])[c]1cnc(-c2[c-]cccc2)cc1CC1CCCC1.[Ir]. The van der Waals surface area contributed by atoms with Crippen LogP contribution in [-0.2, 0) is 31.9 Å². The molecule has 0 spiro atoms. The summed E-state index contributed by atoms with van der Waals surface area (Å²) in [6.07, 6.45) is 11.0. The molecule has 0 saturated heterocycles. The predicted octanol–water partition coefficient (Wildman–Crippen LogP) is 14.2. The fraction of sp³-hybridized carbons (Fsp3) is 0.298. The van der Waals surface area contributed by atoms with Crippen molar-refractivity contribution < 1.29 is 24.5 Å². The van der Waals surface area contributed by atoms with Gasteiger partial charge < -0.3 is 8.98 Å². The van der Waals surface area contributed by atoms with Gasteiger partial charge in [0.05, 0.1) is 34.3 Å². The van der Waals surface area contributed by atoms with E-state index in [1.165, 1.54) is 48.8 Å². The maximum atomic E-state index is 6.62. The molecule has 0 amide bonds. The molecule has 1 aliphatic carbocycles. The van der Waals surface area contributed by atoms with Crippen molar-refractivity contribution in [3.63, 3.8) is 0 Å². The summed E-state index contributed by atoms with van der Waals surface area (Å²) in [5.41, 5.74) is 16.5. The van der Waals surface area contributed by atoms with Gasteiger partial charge in [0.15, 0.2) is 0 Å². The molecule has 0 unspecified atom stereocenters. The first kappa shape index (κ1) is 46.3. The van der Waals surface area contributed by atoms with Crippen molar-refractivity contribution in [1.29, 1.82) is 0 Å². The van der Waals surface area contributed by atoms with Crippen molar-refractivity contribution in [3.8, 4) is 39.6 Å². The Bertz CT molecular complexity index is 3130. The van der Waals surface area contributed by atoms with Crippen LogP contribution in [-0.4, -0.2) is 37.8 Å². The fourth-order valence-corrected chi connectivity index (χ4v) is 12.9. The molecule has 333 valence electrons. The van der Waals surface area contributed by atoms with Gasteiger partial charge in [-0.2, -0.15) is 0 Å². The fourth-order valence-electron chi connectivity index (χ4n) is 9.57. The molecule has 5 heterocycles. The second-order valence-corrected chi connectivity index (χ2v) is 30.5. The van der Waals surface area contributed by atoms with E-state index in [0.717, 1.165) is 84.2 Å². The van der Waals surface area contributed by atoms with Gasteiger partial charge in [-0.15, -0.1) is 17.7 Å². The third kappa shape index (κ3) is 9.43. The Labute approximate surface area is 401 Å². The van der Waals surface area contributed by atoms with Crippen LogP contribution in [0.5, 0.6) is 0 Å². The molecule has 0 aliphatic heterocycles. The van der Waals surface area contributed by atoms with Crippen LogP contribution in [0.25, 0.3) is 72.7 Å². The zero-order valence-electron chi connectivity index (χ0n) is 39.5. The van der Waals surface area contributed by atoms with Gasteiger partial charge >= 0.3 is 137 Å². The van der Waals surface area contributed by atoms with Gasteiger partial charge in [0.2, 0.25) is 5.71 Å². The molecule has 0 bridgehead atoms. The van der Waals surface area contributed by atoms with Crippen LogP contribution >= 0.6 is 0 Å². The van der Waals surface area contributed by atoms with Crippen LogP contribution in [0.1, 0.15) is 80.0 Å². The van der Waals surface area contributed by atoms with Crippen LogP contribution in [0, 0.1) is 45.7 Å². The minimum atomic E-state index is -1.87. The minimum Gasteiger partial charge on any atom is 0 e. The molecule has 1 radical (unpaired) electrons. The molecule has 0 N–H and O–H groups in total. The Morgan fingerprint density at radius 2 is 1.51 bits per heavy atom. The van der Waals surface area contributed by atoms with E-state index in [2.05, 4.69) is 159 Å². The number of furan rings is 1. The van der Waals surface area contributed by atoms with E-state index in [4.69, 9.17) is 19.4 Å². The number of pyridine rings is 3. The molecule has 6 nitrogen and oxygen atoms in total. The number of benzene rings is 4. The van der Waals surface area contributed by atoms with Crippen LogP contribution in [0.2, 0.25) is 17.3 Å². The average Bonchev–Trinajstić information content (AvgIpc) is 4.01. The van der Waals surface area contributed by atoms with E-state index < -0.39 is 13.3 Å². The quantitative estimate of drug-likeness (QED) is 0.117. The molecule has 10 rings (SSSR count). The molecule has 5 aromatic heterocycles. The number of hydrogen-bond donors (Lipinski definition) is 0. The molecule has 4 aromatic carbocycles.